The van der Waals surface area contributed by atoms with Crippen LogP contribution in [0.25, 0.3) is 10.9 Å². The SMILES string of the molecule is C=CCC(N)c1ccc2[nH]ccc2c1O. The van der Waals surface area contributed by atoms with E-state index in [1.165, 1.54) is 0 Å². The average Bonchev–Trinajstić information content (AvgIpc) is 2.67. The van der Waals surface area contributed by atoms with Crippen molar-refractivity contribution in [3.8, 4) is 5.75 Å². The van der Waals surface area contributed by atoms with E-state index in [2.05, 4.69) is 11.6 Å². The molecule has 0 aliphatic carbocycles. The summed E-state index contributed by atoms with van der Waals surface area (Å²) in [5, 5.41) is 10.8. The molecule has 1 aromatic heterocycles. The molecular weight excluding hydrogens is 188 g/mol. The molecule has 0 spiro atoms. The third kappa shape index (κ3) is 1.62. The summed E-state index contributed by atoms with van der Waals surface area (Å²) in [5.41, 5.74) is 7.61. The average molecular weight is 202 g/mol. The predicted octanol–water partition coefficient (Wildman–Crippen LogP) is 2.45. The fourth-order valence-corrected chi connectivity index (χ4v) is 1.74. The molecule has 0 radical (unpaired) electrons. The fourth-order valence-electron chi connectivity index (χ4n) is 1.74. The van der Waals surface area contributed by atoms with E-state index in [0.717, 1.165) is 16.5 Å². The summed E-state index contributed by atoms with van der Waals surface area (Å²) in [7, 11) is 0. The van der Waals surface area contributed by atoms with Gasteiger partial charge in [0.25, 0.3) is 0 Å². The van der Waals surface area contributed by atoms with E-state index >= 15 is 0 Å². The quantitative estimate of drug-likeness (QED) is 0.669. The lowest BCUT2D eigenvalue weighted by Gasteiger charge is -2.11. The Labute approximate surface area is 88.2 Å². The Hall–Kier alpha value is -1.74. The van der Waals surface area contributed by atoms with Crippen molar-refractivity contribution in [1.29, 1.82) is 0 Å². The Balaban J connectivity index is 2.51. The summed E-state index contributed by atoms with van der Waals surface area (Å²) in [4.78, 5) is 3.04. The molecule has 0 fully saturated rings. The number of nitrogens with one attached hydrogen (secondary N) is 1. The van der Waals surface area contributed by atoms with Gasteiger partial charge in [0.1, 0.15) is 5.75 Å². The predicted molar refractivity (Wildman–Crippen MR) is 61.7 cm³/mol. The number of H-pyrrole nitrogens is 1. The molecule has 78 valence electrons. The van der Waals surface area contributed by atoms with Crippen molar-refractivity contribution in [1.82, 2.24) is 4.98 Å². The zero-order chi connectivity index (χ0) is 10.8. The number of hydrogen-bond acceptors (Lipinski definition) is 2. The van der Waals surface area contributed by atoms with Crippen molar-refractivity contribution in [3.05, 3.63) is 42.6 Å². The first-order chi connectivity index (χ1) is 7.24. The first-order valence-corrected chi connectivity index (χ1v) is 4.89. The van der Waals surface area contributed by atoms with Crippen LogP contribution in [-0.2, 0) is 0 Å². The van der Waals surface area contributed by atoms with Gasteiger partial charge in [0.05, 0.1) is 0 Å². The van der Waals surface area contributed by atoms with Gasteiger partial charge in [-0.05, 0) is 18.6 Å². The van der Waals surface area contributed by atoms with Gasteiger partial charge in [-0.3, -0.25) is 0 Å². The van der Waals surface area contributed by atoms with Gasteiger partial charge in [0.15, 0.2) is 0 Å². The zero-order valence-corrected chi connectivity index (χ0v) is 8.40. The molecule has 0 saturated carbocycles. The molecule has 0 aliphatic rings. The van der Waals surface area contributed by atoms with Crippen LogP contribution >= 0.6 is 0 Å². The second-order valence-corrected chi connectivity index (χ2v) is 3.57. The van der Waals surface area contributed by atoms with Gasteiger partial charge < -0.3 is 15.8 Å². The van der Waals surface area contributed by atoms with E-state index in [1.54, 1.807) is 12.3 Å². The maximum Gasteiger partial charge on any atom is 0.129 e. The molecule has 2 aromatic rings. The van der Waals surface area contributed by atoms with Gasteiger partial charge in [0, 0.05) is 28.7 Å². The Morgan fingerprint density at radius 2 is 2.27 bits per heavy atom. The third-order valence-electron chi connectivity index (χ3n) is 2.56. The Kier molecular flexibility index (Phi) is 2.47. The first-order valence-electron chi connectivity index (χ1n) is 4.89. The molecule has 1 unspecified atom stereocenters. The number of hydrogen-bond donors (Lipinski definition) is 3. The van der Waals surface area contributed by atoms with Gasteiger partial charge in [-0.15, -0.1) is 6.58 Å². The molecule has 2 rings (SSSR count). The second-order valence-electron chi connectivity index (χ2n) is 3.57. The number of aromatic amines is 1. The van der Waals surface area contributed by atoms with Crippen LogP contribution in [0, 0.1) is 0 Å². The maximum atomic E-state index is 10.0. The van der Waals surface area contributed by atoms with Crippen LogP contribution in [-0.4, -0.2) is 10.1 Å². The maximum absolute atomic E-state index is 10.0. The number of rotatable bonds is 3. The summed E-state index contributed by atoms with van der Waals surface area (Å²) in [6.07, 6.45) is 4.21. The molecule has 15 heavy (non-hydrogen) atoms. The van der Waals surface area contributed by atoms with Crippen LogP contribution in [0.5, 0.6) is 5.75 Å². The van der Waals surface area contributed by atoms with Gasteiger partial charge in [-0.25, -0.2) is 0 Å². The van der Waals surface area contributed by atoms with E-state index in [-0.39, 0.29) is 11.8 Å². The molecule has 1 atom stereocenters. The Bertz CT molecular complexity index is 487. The highest BCUT2D eigenvalue weighted by molar-refractivity contribution is 5.87. The van der Waals surface area contributed by atoms with Crippen LogP contribution < -0.4 is 5.73 Å². The van der Waals surface area contributed by atoms with Crippen LogP contribution in [0.3, 0.4) is 0 Å². The smallest absolute Gasteiger partial charge is 0.129 e. The molecule has 3 nitrogen and oxygen atoms in total. The van der Waals surface area contributed by atoms with E-state index in [9.17, 15) is 5.11 Å². The van der Waals surface area contributed by atoms with Crippen LogP contribution in [0.2, 0.25) is 0 Å². The Morgan fingerprint density at radius 1 is 1.47 bits per heavy atom. The molecule has 0 aliphatic heterocycles. The summed E-state index contributed by atoms with van der Waals surface area (Å²) in [5.74, 6) is 0.267. The number of nitrogens with two attached hydrogens (primary N) is 1. The molecule has 0 amide bonds. The van der Waals surface area contributed by atoms with Crippen LogP contribution in [0.1, 0.15) is 18.0 Å². The highest BCUT2D eigenvalue weighted by Crippen LogP contribution is 2.32. The number of benzene rings is 1. The lowest BCUT2D eigenvalue weighted by molar-refractivity contribution is 0.468. The number of phenols is 1. The molecule has 1 heterocycles. The molecule has 4 N–H and O–H groups in total. The lowest BCUT2D eigenvalue weighted by Crippen LogP contribution is -2.09. The van der Waals surface area contributed by atoms with Crippen LogP contribution in [0.4, 0.5) is 0 Å². The summed E-state index contributed by atoms with van der Waals surface area (Å²) in [6.45, 7) is 3.64. The van der Waals surface area contributed by atoms with Gasteiger partial charge in [0.2, 0.25) is 0 Å². The van der Waals surface area contributed by atoms with Gasteiger partial charge >= 0.3 is 0 Å². The van der Waals surface area contributed by atoms with Gasteiger partial charge in [-0.1, -0.05) is 12.1 Å². The normalized spacial score (nSPS) is 12.9. The highest BCUT2D eigenvalue weighted by atomic mass is 16.3. The third-order valence-corrected chi connectivity index (χ3v) is 2.56. The largest absolute Gasteiger partial charge is 0.507 e. The molecular formula is C12H14N2O. The number of aromatic hydroxyl groups is 1. The highest BCUT2D eigenvalue weighted by Gasteiger charge is 2.12. The number of fused-ring (bicyclic) bond motifs is 1. The summed E-state index contributed by atoms with van der Waals surface area (Å²) < 4.78 is 0. The minimum absolute atomic E-state index is 0.193. The van der Waals surface area contributed by atoms with E-state index in [1.807, 2.05) is 18.2 Å². The molecule has 0 bridgehead atoms. The van der Waals surface area contributed by atoms with Gasteiger partial charge in [-0.2, -0.15) is 0 Å². The minimum Gasteiger partial charge on any atom is -0.507 e. The van der Waals surface area contributed by atoms with Crippen molar-refractivity contribution >= 4 is 10.9 Å². The first kappa shape index (κ1) is 9.80. The second kappa shape index (κ2) is 3.79. The van der Waals surface area contributed by atoms with E-state index < -0.39 is 0 Å². The molecule has 3 heteroatoms. The Morgan fingerprint density at radius 3 is 3.00 bits per heavy atom. The van der Waals surface area contributed by atoms with Crippen molar-refractivity contribution in [3.63, 3.8) is 0 Å². The van der Waals surface area contributed by atoms with Crippen molar-refractivity contribution in [2.45, 2.75) is 12.5 Å². The number of aromatic nitrogens is 1. The topological polar surface area (TPSA) is 62.0 Å². The van der Waals surface area contributed by atoms with Crippen molar-refractivity contribution in [2.75, 3.05) is 0 Å². The molecule has 1 aromatic carbocycles. The lowest BCUT2D eigenvalue weighted by atomic mass is 10.0. The van der Waals surface area contributed by atoms with Crippen molar-refractivity contribution < 1.29 is 5.11 Å². The summed E-state index contributed by atoms with van der Waals surface area (Å²) >= 11 is 0. The molecule has 0 saturated heterocycles. The summed E-state index contributed by atoms with van der Waals surface area (Å²) in [6, 6.07) is 5.42. The number of phenolic OH excluding ortho intramolecular Hbond substituents is 1. The standard InChI is InChI=1S/C12H14N2O/c1-2-3-10(13)8-4-5-11-9(12(8)15)6-7-14-11/h2,4-7,10,14-15H,1,3,13H2. The monoisotopic (exact) mass is 202 g/mol. The van der Waals surface area contributed by atoms with E-state index in [0.29, 0.717) is 6.42 Å². The van der Waals surface area contributed by atoms with Crippen LogP contribution in [0.15, 0.2) is 37.1 Å². The minimum atomic E-state index is -0.193. The fraction of sp³-hybridized carbons (Fsp3) is 0.167. The zero-order valence-electron chi connectivity index (χ0n) is 8.40. The van der Waals surface area contributed by atoms with Crippen molar-refractivity contribution in [2.24, 2.45) is 5.73 Å². The van der Waals surface area contributed by atoms with E-state index in [4.69, 9.17) is 5.73 Å².